The van der Waals surface area contributed by atoms with Crippen LogP contribution in [0.4, 0.5) is 5.69 Å². The SMILES string of the molecule is CC(C)COC[n+]1ccc(N(C)C)cc1.[Cl-]. The Hall–Kier alpha value is -0.800. The van der Waals surface area contributed by atoms with Gasteiger partial charge in [0.25, 0.3) is 6.73 Å². The second kappa shape index (κ2) is 7.47. The quantitative estimate of drug-likeness (QED) is 0.598. The molecule has 3 nitrogen and oxygen atoms in total. The van der Waals surface area contributed by atoms with E-state index in [0.717, 1.165) is 6.61 Å². The van der Waals surface area contributed by atoms with Gasteiger partial charge >= 0.3 is 0 Å². The van der Waals surface area contributed by atoms with E-state index in [4.69, 9.17) is 4.74 Å². The molecule has 1 aromatic rings. The lowest BCUT2D eigenvalue weighted by molar-refractivity contribution is -0.732. The lowest BCUT2D eigenvalue weighted by Gasteiger charge is -2.10. The van der Waals surface area contributed by atoms with Gasteiger partial charge in [0, 0.05) is 31.9 Å². The van der Waals surface area contributed by atoms with Crippen LogP contribution in [0.3, 0.4) is 0 Å². The molecular formula is C12H21ClN2O. The summed E-state index contributed by atoms with van der Waals surface area (Å²) in [5.74, 6) is 0.589. The van der Waals surface area contributed by atoms with Gasteiger partial charge in [-0.05, 0) is 5.92 Å². The van der Waals surface area contributed by atoms with E-state index < -0.39 is 0 Å². The first-order valence-electron chi connectivity index (χ1n) is 5.33. The molecule has 1 aromatic heterocycles. The summed E-state index contributed by atoms with van der Waals surface area (Å²) in [6, 6.07) is 4.16. The molecule has 0 bridgehead atoms. The minimum Gasteiger partial charge on any atom is -1.00 e. The standard InChI is InChI=1S/C12H21N2O.ClH/c1-11(2)9-15-10-14-7-5-12(6-8-14)13(3)4;/h5-8,11H,9-10H2,1-4H3;1H/q+1;/p-1. The molecule has 1 heterocycles. The van der Waals surface area contributed by atoms with Gasteiger partial charge in [-0.3, -0.25) is 0 Å². The van der Waals surface area contributed by atoms with Crippen molar-refractivity contribution in [3.63, 3.8) is 0 Å². The van der Waals surface area contributed by atoms with Crippen LogP contribution in [0.1, 0.15) is 13.8 Å². The molecule has 0 spiro atoms. The second-order valence-corrected chi connectivity index (χ2v) is 4.36. The molecule has 0 N–H and O–H groups in total. The van der Waals surface area contributed by atoms with Crippen LogP contribution in [0.2, 0.25) is 0 Å². The first kappa shape index (κ1) is 15.2. The summed E-state index contributed by atoms with van der Waals surface area (Å²) < 4.78 is 7.57. The zero-order valence-corrected chi connectivity index (χ0v) is 11.2. The van der Waals surface area contributed by atoms with Crippen molar-refractivity contribution in [2.75, 3.05) is 25.6 Å². The van der Waals surface area contributed by atoms with Crippen LogP contribution >= 0.6 is 0 Å². The van der Waals surface area contributed by atoms with E-state index >= 15 is 0 Å². The summed E-state index contributed by atoms with van der Waals surface area (Å²) in [5, 5.41) is 0. The third-order valence-electron chi connectivity index (χ3n) is 2.08. The van der Waals surface area contributed by atoms with Crippen LogP contribution < -0.4 is 21.9 Å². The molecule has 1 rings (SSSR count). The highest BCUT2D eigenvalue weighted by molar-refractivity contribution is 5.41. The maximum Gasteiger partial charge on any atom is 0.252 e. The van der Waals surface area contributed by atoms with Crippen molar-refractivity contribution in [1.82, 2.24) is 0 Å². The first-order valence-corrected chi connectivity index (χ1v) is 5.33. The number of anilines is 1. The average Bonchev–Trinajstić information content (AvgIpc) is 2.18. The van der Waals surface area contributed by atoms with Crippen LogP contribution in [-0.4, -0.2) is 20.7 Å². The van der Waals surface area contributed by atoms with Crippen LogP contribution in [0.5, 0.6) is 0 Å². The van der Waals surface area contributed by atoms with Gasteiger partial charge in [0.2, 0.25) is 0 Å². The third-order valence-corrected chi connectivity index (χ3v) is 2.08. The Morgan fingerprint density at radius 2 is 1.81 bits per heavy atom. The maximum atomic E-state index is 5.53. The highest BCUT2D eigenvalue weighted by atomic mass is 35.5. The van der Waals surface area contributed by atoms with Gasteiger partial charge in [0.05, 0.1) is 6.61 Å². The summed E-state index contributed by atoms with van der Waals surface area (Å²) >= 11 is 0. The molecule has 0 saturated carbocycles. The third kappa shape index (κ3) is 5.33. The van der Waals surface area contributed by atoms with Gasteiger partial charge in [0.1, 0.15) is 0 Å². The Balaban J connectivity index is 0.00000225. The van der Waals surface area contributed by atoms with Gasteiger partial charge in [-0.15, -0.1) is 0 Å². The van der Waals surface area contributed by atoms with E-state index in [1.807, 2.05) is 31.1 Å². The van der Waals surface area contributed by atoms with Gasteiger partial charge in [-0.1, -0.05) is 13.8 Å². The van der Waals surface area contributed by atoms with Gasteiger partial charge in [-0.2, -0.15) is 4.57 Å². The lowest BCUT2D eigenvalue weighted by atomic mass is 10.2. The molecule has 0 radical (unpaired) electrons. The molecule has 0 saturated heterocycles. The number of nitrogens with zero attached hydrogens (tertiary/aromatic N) is 2. The highest BCUT2D eigenvalue weighted by Gasteiger charge is 2.02. The van der Waals surface area contributed by atoms with Gasteiger partial charge in [0.15, 0.2) is 12.4 Å². The molecule has 0 amide bonds. The van der Waals surface area contributed by atoms with Gasteiger partial charge < -0.3 is 22.0 Å². The zero-order chi connectivity index (χ0) is 11.3. The normalized spacial score (nSPS) is 10.1. The average molecular weight is 245 g/mol. The van der Waals surface area contributed by atoms with Crippen LogP contribution in [-0.2, 0) is 11.5 Å². The molecule has 0 aliphatic rings. The van der Waals surface area contributed by atoms with Crippen molar-refractivity contribution in [3.8, 4) is 0 Å². The molecule has 0 aliphatic heterocycles. The molecule has 0 atom stereocenters. The molecule has 0 aromatic carbocycles. The summed E-state index contributed by atoms with van der Waals surface area (Å²) in [6.45, 7) is 5.74. The molecule has 0 fully saturated rings. The fourth-order valence-corrected chi connectivity index (χ4v) is 1.23. The number of pyridine rings is 1. The number of hydrogen-bond acceptors (Lipinski definition) is 2. The van der Waals surface area contributed by atoms with E-state index in [1.165, 1.54) is 5.69 Å². The predicted octanol–water partition coefficient (Wildman–Crippen LogP) is -1.33. The molecule has 16 heavy (non-hydrogen) atoms. The monoisotopic (exact) mass is 244 g/mol. The lowest BCUT2D eigenvalue weighted by Crippen LogP contribution is -3.00. The van der Waals surface area contributed by atoms with Crippen LogP contribution in [0.25, 0.3) is 0 Å². The van der Waals surface area contributed by atoms with Crippen molar-refractivity contribution in [1.29, 1.82) is 0 Å². The van der Waals surface area contributed by atoms with E-state index in [0.29, 0.717) is 12.6 Å². The van der Waals surface area contributed by atoms with Crippen molar-refractivity contribution in [2.45, 2.75) is 20.6 Å². The smallest absolute Gasteiger partial charge is 0.252 e. The van der Waals surface area contributed by atoms with E-state index in [2.05, 4.69) is 30.9 Å². The minimum atomic E-state index is 0. The molecule has 0 unspecified atom stereocenters. The Bertz CT molecular complexity index is 286. The Kier molecular flexibility index (Phi) is 7.10. The van der Waals surface area contributed by atoms with Crippen LogP contribution in [0.15, 0.2) is 24.5 Å². The van der Waals surface area contributed by atoms with Crippen LogP contribution in [0, 0.1) is 5.92 Å². The fraction of sp³-hybridized carbons (Fsp3) is 0.583. The highest BCUT2D eigenvalue weighted by Crippen LogP contribution is 2.05. The number of rotatable bonds is 5. The van der Waals surface area contributed by atoms with E-state index in [1.54, 1.807) is 0 Å². The topological polar surface area (TPSA) is 16.4 Å². The second-order valence-electron chi connectivity index (χ2n) is 4.36. The molecule has 0 aliphatic carbocycles. The van der Waals surface area contributed by atoms with Crippen molar-refractivity contribution >= 4 is 5.69 Å². The summed E-state index contributed by atoms with van der Waals surface area (Å²) in [7, 11) is 4.07. The number of ether oxygens (including phenoxy) is 1. The zero-order valence-electron chi connectivity index (χ0n) is 10.5. The minimum absolute atomic E-state index is 0. The Morgan fingerprint density at radius 1 is 1.25 bits per heavy atom. The summed E-state index contributed by atoms with van der Waals surface area (Å²) in [4.78, 5) is 2.08. The van der Waals surface area contributed by atoms with Crippen molar-refractivity contribution in [3.05, 3.63) is 24.5 Å². The van der Waals surface area contributed by atoms with Crippen molar-refractivity contribution in [2.24, 2.45) is 5.92 Å². The maximum absolute atomic E-state index is 5.53. The van der Waals surface area contributed by atoms with Crippen molar-refractivity contribution < 1.29 is 21.7 Å². The van der Waals surface area contributed by atoms with E-state index in [9.17, 15) is 0 Å². The summed E-state index contributed by atoms with van der Waals surface area (Å²) in [6.07, 6.45) is 4.07. The largest absolute Gasteiger partial charge is 1.00 e. The number of hydrogen-bond donors (Lipinski definition) is 0. The molecule has 4 heteroatoms. The number of aromatic nitrogens is 1. The molecule has 92 valence electrons. The predicted molar refractivity (Wildman–Crippen MR) is 61.8 cm³/mol. The fourth-order valence-electron chi connectivity index (χ4n) is 1.23. The van der Waals surface area contributed by atoms with E-state index in [-0.39, 0.29) is 12.4 Å². The molecular weight excluding hydrogens is 224 g/mol. The Labute approximate surface area is 104 Å². The summed E-state index contributed by atoms with van der Waals surface area (Å²) in [5.41, 5.74) is 1.20. The Morgan fingerprint density at radius 3 is 2.25 bits per heavy atom. The first-order chi connectivity index (χ1) is 7.09. The van der Waals surface area contributed by atoms with Gasteiger partial charge in [-0.25, -0.2) is 0 Å². The number of halogens is 1.